The van der Waals surface area contributed by atoms with Crippen molar-refractivity contribution < 1.29 is 19.1 Å². The second kappa shape index (κ2) is 10.4. The first-order valence-electron chi connectivity index (χ1n) is 10.3. The molecule has 0 aliphatic carbocycles. The van der Waals surface area contributed by atoms with Crippen LogP contribution in [0.3, 0.4) is 0 Å². The van der Waals surface area contributed by atoms with Gasteiger partial charge in [-0.1, -0.05) is 17.7 Å². The number of nitrogens with zero attached hydrogens (tertiary/aromatic N) is 2. The third-order valence-electron chi connectivity index (χ3n) is 5.11. The van der Waals surface area contributed by atoms with Crippen molar-refractivity contribution in [2.45, 2.75) is 20.8 Å². The summed E-state index contributed by atoms with van der Waals surface area (Å²) in [5, 5.41) is -0.289. The standard InChI is InChI=1S/C24H28N2O4S/c1-5-25(6-2)19-10-9-18(21(16-19)29-4)15-22-23(27)26(24(28)31-22)13-14-30-20-11-7-17(3)8-12-20/h7-12,15-16H,5-6,13-14H2,1-4H3/b22-15-. The molecule has 0 saturated carbocycles. The first kappa shape index (κ1) is 22.7. The number of carbonyl (C=O) groups excluding carboxylic acids is 2. The van der Waals surface area contributed by atoms with Crippen molar-refractivity contribution >= 4 is 34.7 Å². The molecule has 2 amide bonds. The van der Waals surface area contributed by atoms with Crippen molar-refractivity contribution in [2.75, 3.05) is 38.3 Å². The van der Waals surface area contributed by atoms with Crippen molar-refractivity contribution in [3.8, 4) is 11.5 Å². The summed E-state index contributed by atoms with van der Waals surface area (Å²) in [5.41, 5.74) is 2.96. The quantitative estimate of drug-likeness (QED) is 0.514. The number of amides is 2. The topological polar surface area (TPSA) is 59.1 Å². The Balaban J connectivity index is 1.70. The number of aryl methyl sites for hydroxylation is 1. The molecule has 1 saturated heterocycles. The van der Waals surface area contributed by atoms with Crippen LogP contribution in [0.4, 0.5) is 10.5 Å². The monoisotopic (exact) mass is 440 g/mol. The summed E-state index contributed by atoms with van der Waals surface area (Å²) in [7, 11) is 1.60. The van der Waals surface area contributed by atoms with Gasteiger partial charge in [-0.15, -0.1) is 0 Å². The van der Waals surface area contributed by atoms with Crippen LogP contribution in [0, 0.1) is 6.92 Å². The highest BCUT2D eigenvalue weighted by atomic mass is 32.2. The van der Waals surface area contributed by atoms with Crippen LogP contribution < -0.4 is 14.4 Å². The maximum absolute atomic E-state index is 12.8. The maximum atomic E-state index is 12.8. The van der Waals surface area contributed by atoms with E-state index in [0.717, 1.165) is 41.7 Å². The van der Waals surface area contributed by atoms with Crippen LogP contribution in [-0.2, 0) is 4.79 Å². The maximum Gasteiger partial charge on any atom is 0.293 e. The fourth-order valence-corrected chi connectivity index (χ4v) is 4.18. The van der Waals surface area contributed by atoms with Crippen molar-refractivity contribution in [1.29, 1.82) is 0 Å². The highest BCUT2D eigenvalue weighted by Gasteiger charge is 2.35. The van der Waals surface area contributed by atoms with Crippen LogP contribution >= 0.6 is 11.8 Å². The zero-order valence-corrected chi connectivity index (χ0v) is 19.2. The smallest absolute Gasteiger partial charge is 0.293 e. The van der Waals surface area contributed by atoms with E-state index in [1.54, 1.807) is 13.2 Å². The Morgan fingerprint density at radius 1 is 1.06 bits per heavy atom. The van der Waals surface area contributed by atoms with Crippen LogP contribution in [0.15, 0.2) is 47.4 Å². The summed E-state index contributed by atoms with van der Waals surface area (Å²) in [4.78, 5) is 29.0. The number of anilines is 1. The van der Waals surface area contributed by atoms with E-state index in [-0.39, 0.29) is 24.3 Å². The van der Waals surface area contributed by atoms with Gasteiger partial charge in [0, 0.05) is 30.4 Å². The van der Waals surface area contributed by atoms with Crippen LogP contribution in [0.25, 0.3) is 6.08 Å². The predicted octanol–water partition coefficient (Wildman–Crippen LogP) is 4.97. The van der Waals surface area contributed by atoms with Gasteiger partial charge in [-0.2, -0.15) is 0 Å². The average molecular weight is 441 g/mol. The molecular formula is C24H28N2O4S. The van der Waals surface area contributed by atoms with Gasteiger partial charge in [0.05, 0.1) is 18.6 Å². The molecule has 0 spiro atoms. The number of rotatable bonds is 9. The lowest BCUT2D eigenvalue weighted by molar-refractivity contribution is -0.123. The van der Waals surface area contributed by atoms with Crippen LogP contribution in [0.2, 0.25) is 0 Å². The lowest BCUT2D eigenvalue weighted by Gasteiger charge is -2.22. The van der Waals surface area contributed by atoms with Gasteiger partial charge in [0.2, 0.25) is 0 Å². The van der Waals surface area contributed by atoms with E-state index >= 15 is 0 Å². The third-order valence-corrected chi connectivity index (χ3v) is 6.02. The van der Waals surface area contributed by atoms with Gasteiger partial charge in [0.1, 0.15) is 18.1 Å². The summed E-state index contributed by atoms with van der Waals surface area (Å²) in [6.45, 7) is 8.43. The van der Waals surface area contributed by atoms with E-state index in [0.29, 0.717) is 16.4 Å². The largest absolute Gasteiger partial charge is 0.496 e. The Labute approximate surface area is 187 Å². The summed E-state index contributed by atoms with van der Waals surface area (Å²) in [6, 6.07) is 13.5. The molecule has 2 aromatic carbocycles. The SMILES string of the molecule is CCN(CC)c1ccc(/C=C2\SC(=O)N(CCOc3ccc(C)cc3)C2=O)c(OC)c1. The van der Waals surface area contributed by atoms with E-state index in [4.69, 9.17) is 9.47 Å². The van der Waals surface area contributed by atoms with Gasteiger partial charge in [-0.3, -0.25) is 14.5 Å². The molecule has 6 nitrogen and oxygen atoms in total. The molecule has 2 aromatic rings. The second-order valence-corrected chi connectivity index (χ2v) is 8.09. The Hall–Kier alpha value is -2.93. The van der Waals surface area contributed by atoms with E-state index in [2.05, 4.69) is 18.7 Å². The summed E-state index contributed by atoms with van der Waals surface area (Å²) in [5.74, 6) is 1.07. The number of ether oxygens (including phenoxy) is 2. The molecule has 31 heavy (non-hydrogen) atoms. The van der Waals surface area contributed by atoms with Crippen molar-refractivity contribution in [3.05, 3.63) is 58.5 Å². The highest BCUT2D eigenvalue weighted by molar-refractivity contribution is 8.18. The summed E-state index contributed by atoms with van der Waals surface area (Å²) >= 11 is 0.941. The number of hydrogen-bond donors (Lipinski definition) is 0. The van der Waals surface area contributed by atoms with Crippen LogP contribution in [0.5, 0.6) is 11.5 Å². The molecular weight excluding hydrogens is 412 g/mol. The number of benzene rings is 2. The molecule has 0 atom stereocenters. The second-order valence-electron chi connectivity index (χ2n) is 7.09. The molecule has 1 heterocycles. The average Bonchev–Trinajstić information content (AvgIpc) is 3.04. The molecule has 7 heteroatoms. The number of methoxy groups -OCH3 is 1. The molecule has 1 aliphatic heterocycles. The lowest BCUT2D eigenvalue weighted by atomic mass is 10.1. The molecule has 0 aromatic heterocycles. The fraction of sp³-hybridized carbons (Fsp3) is 0.333. The van der Waals surface area contributed by atoms with Gasteiger partial charge in [0.15, 0.2) is 0 Å². The van der Waals surface area contributed by atoms with E-state index in [1.165, 1.54) is 4.90 Å². The van der Waals surface area contributed by atoms with Crippen molar-refractivity contribution in [2.24, 2.45) is 0 Å². The number of imide groups is 1. The molecule has 0 N–H and O–H groups in total. The minimum absolute atomic E-state index is 0.202. The van der Waals surface area contributed by atoms with Crippen molar-refractivity contribution in [1.82, 2.24) is 4.90 Å². The molecule has 0 bridgehead atoms. The zero-order valence-electron chi connectivity index (χ0n) is 18.4. The fourth-order valence-electron chi connectivity index (χ4n) is 3.33. The number of carbonyl (C=O) groups is 2. The first-order valence-corrected chi connectivity index (χ1v) is 11.2. The van der Waals surface area contributed by atoms with Gasteiger partial charge in [0.25, 0.3) is 11.1 Å². The first-order chi connectivity index (χ1) is 15.0. The number of hydrogen-bond acceptors (Lipinski definition) is 6. The Kier molecular flexibility index (Phi) is 7.63. The van der Waals surface area contributed by atoms with Gasteiger partial charge in [-0.05, 0) is 62.9 Å². The van der Waals surface area contributed by atoms with Crippen molar-refractivity contribution in [3.63, 3.8) is 0 Å². The summed E-state index contributed by atoms with van der Waals surface area (Å²) < 4.78 is 11.2. The minimum atomic E-state index is -0.308. The third kappa shape index (κ3) is 5.41. The zero-order chi connectivity index (χ0) is 22.4. The van der Waals surface area contributed by atoms with Gasteiger partial charge < -0.3 is 14.4 Å². The lowest BCUT2D eigenvalue weighted by Crippen LogP contribution is -2.32. The Morgan fingerprint density at radius 2 is 1.77 bits per heavy atom. The molecule has 3 rings (SSSR count). The van der Waals surface area contributed by atoms with E-state index in [1.807, 2.05) is 49.4 Å². The van der Waals surface area contributed by atoms with E-state index in [9.17, 15) is 9.59 Å². The minimum Gasteiger partial charge on any atom is -0.496 e. The van der Waals surface area contributed by atoms with Gasteiger partial charge in [-0.25, -0.2) is 0 Å². The molecule has 0 unspecified atom stereocenters. The number of thioether (sulfide) groups is 1. The Bertz CT molecular complexity index is 968. The molecule has 1 fully saturated rings. The van der Waals surface area contributed by atoms with Gasteiger partial charge >= 0.3 is 0 Å². The van der Waals surface area contributed by atoms with E-state index < -0.39 is 0 Å². The molecule has 164 valence electrons. The van der Waals surface area contributed by atoms with Crippen LogP contribution in [-0.4, -0.2) is 49.4 Å². The Morgan fingerprint density at radius 3 is 2.42 bits per heavy atom. The molecule has 0 radical (unpaired) electrons. The predicted molar refractivity (Wildman–Crippen MR) is 126 cm³/mol. The highest BCUT2D eigenvalue weighted by Crippen LogP contribution is 2.35. The summed E-state index contributed by atoms with van der Waals surface area (Å²) in [6.07, 6.45) is 1.72. The van der Waals surface area contributed by atoms with Crippen LogP contribution in [0.1, 0.15) is 25.0 Å². The molecule has 1 aliphatic rings. The normalized spacial score (nSPS) is 15.0.